The Bertz CT molecular complexity index is 564. The highest BCUT2D eigenvalue weighted by atomic mass is 35.5. The Hall–Kier alpha value is -1.52. The molecule has 0 atom stereocenters. The van der Waals surface area contributed by atoms with Gasteiger partial charge in [-0.1, -0.05) is 29.3 Å². The molecule has 0 amide bonds. The molecule has 0 fully saturated rings. The van der Waals surface area contributed by atoms with Crippen LogP contribution in [0.1, 0.15) is 12.7 Å². The lowest BCUT2D eigenvalue weighted by molar-refractivity contribution is 0.286. The second kappa shape index (κ2) is 6.59. The van der Waals surface area contributed by atoms with E-state index in [1.807, 2.05) is 13.0 Å². The molecule has 4 nitrogen and oxygen atoms in total. The molecule has 0 spiro atoms. The maximum absolute atomic E-state index is 5.88. The average Bonchev–Trinajstić information content (AvgIpc) is 2.36. The van der Waals surface area contributed by atoms with Gasteiger partial charge in [-0.3, -0.25) is 0 Å². The molecule has 0 unspecified atom stereocenters. The van der Waals surface area contributed by atoms with Crippen LogP contribution in [0.4, 0.5) is 0 Å². The van der Waals surface area contributed by atoms with E-state index < -0.39 is 0 Å². The van der Waals surface area contributed by atoms with Crippen molar-refractivity contribution in [2.75, 3.05) is 6.61 Å². The third kappa shape index (κ3) is 4.26. The van der Waals surface area contributed by atoms with Gasteiger partial charge in [-0.25, -0.2) is 4.98 Å². The third-order valence-electron chi connectivity index (χ3n) is 2.17. The van der Waals surface area contributed by atoms with Gasteiger partial charge in [0, 0.05) is 11.1 Å². The fourth-order valence-corrected chi connectivity index (χ4v) is 1.80. The summed E-state index contributed by atoms with van der Waals surface area (Å²) in [7, 11) is 0. The normalized spacial score (nSPS) is 10.3. The van der Waals surface area contributed by atoms with Crippen LogP contribution in [0.3, 0.4) is 0 Å². The number of rotatable bonds is 5. The molecule has 0 radical (unpaired) electrons. The van der Waals surface area contributed by atoms with Crippen molar-refractivity contribution in [3.63, 3.8) is 0 Å². The zero-order chi connectivity index (χ0) is 13.7. The topological polar surface area (TPSA) is 44.2 Å². The lowest BCUT2D eigenvalue weighted by atomic mass is 10.3. The Morgan fingerprint density at radius 2 is 1.95 bits per heavy atom. The van der Waals surface area contributed by atoms with Crippen LogP contribution in [0.25, 0.3) is 0 Å². The molecular formula is C13H12Cl2N2O2. The zero-order valence-corrected chi connectivity index (χ0v) is 11.8. The predicted octanol–water partition coefficient (Wildman–Crippen LogP) is 3.76. The van der Waals surface area contributed by atoms with Gasteiger partial charge in [0.1, 0.15) is 17.5 Å². The maximum atomic E-state index is 5.88. The first-order chi connectivity index (χ1) is 9.17. The highest BCUT2D eigenvalue weighted by Crippen LogP contribution is 2.19. The highest BCUT2D eigenvalue weighted by Gasteiger charge is 2.05. The Morgan fingerprint density at radius 1 is 1.11 bits per heavy atom. The van der Waals surface area contributed by atoms with Crippen molar-refractivity contribution in [3.05, 3.63) is 46.3 Å². The van der Waals surface area contributed by atoms with Crippen molar-refractivity contribution >= 4 is 23.2 Å². The first-order valence-corrected chi connectivity index (χ1v) is 6.47. The number of halogens is 2. The van der Waals surface area contributed by atoms with Crippen molar-refractivity contribution in [1.82, 2.24) is 9.97 Å². The lowest BCUT2D eigenvalue weighted by Gasteiger charge is -2.07. The van der Waals surface area contributed by atoms with Gasteiger partial charge < -0.3 is 9.47 Å². The van der Waals surface area contributed by atoms with E-state index in [4.69, 9.17) is 32.7 Å². The summed E-state index contributed by atoms with van der Waals surface area (Å²) in [4.78, 5) is 8.25. The number of aromatic nitrogens is 2. The van der Waals surface area contributed by atoms with E-state index in [-0.39, 0.29) is 6.61 Å². The molecule has 0 aliphatic heterocycles. The minimum atomic E-state index is 0.195. The number of ether oxygens (including phenoxy) is 2. The minimum Gasteiger partial charge on any atom is -0.486 e. The lowest BCUT2D eigenvalue weighted by Crippen LogP contribution is -2.04. The van der Waals surface area contributed by atoms with Gasteiger partial charge in [-0.15, -0.1) is 0 Å². The number of hydrogen-bond donors (Lipinski definition) is 0. The van der Waals surface area contributed by atoms with E-state index in [1.54, 1.807) is 24.3 Å². The van der Waals surface area contributed by atoms with Gasteiger partial charge in [0.25, 0.3) is 0 Å². The molecule has 0 saturated carbocycles. The average molecular weight is 299 g/mol. The third-order valence-corrected chi connectivity index (χ3v) is 2.60. The maximum Gasteiger partial charge on any atom is 0.218 e. The standard InChI is InChI=1S/C13H12Cl2N2O2/c1-2-18-13-7-11(15)16-12(17-13)8-19-10-5-3-4-9(14)6-10/h3-7H,2,8H2,1H3. The molecule has 2 rings (SSSR count). The largest absolute Gasteiger partial charge is 0.486 e. The van der Waals surface area contributed by atoms with Gasteiger partial charge in [-0.05, 0) is 25.1 Å². The SMILES string of the molecule is CCOc1cc(Cl)nc(COc2cccc(Cl)c2)n1. The van der Waals surface area contributed by atoms with E-state index >= 15 is 0 Å². The smallest absolute Gasteiger partial charge is 0.218 e. The summed E-state index contributed by atoms with van der Waals surface area (Å²) in [6.45, 7) is 2.58. The number of hydrogen-bond acceptors (Lipinski definition) is 4. The summed E-state index contributed by atoms with van der Waals surface area (Å²) in [5.41, 5.74) is 0. The van der Waals surface area contributed by atoms with E-state index in [2.05, 4.69) is 9.97 Å². The summed E-state index contributed by atoms with van der Waals surface area (Å²) in [5.74, 6) is 1.54. The fraction of sp³-hybridized carbons (Fsp3) is 0.231. The van der Waals surface area contributed by atoms with Gasteiger partial charge >= 0.3 is 0 Å². The molecule has 0 saturated heterocycles. The Labute approximate surface area is 121 Å². The molecule has 0 aliphatic rings. The van der Waals surface area contributed by atoms with Gasteiger partial charge in [0.2, 0.25) is 5.88 Å². The van der Waals surface area contributed by atoms with Crippen molar-refractivity contribution in [3.8, 4) is 11.6 Å². The molecule has 0 aliphatic carbocycles. The molecular weight excluding hydrogens is 287 g/mol. The first kappa shape index (κ1) is 13.9. The fourth-order valence-electron chi connectivity index (χ4n) is 1.43. The quantitative estimate of drug-likeness (QED) is 0.788. The summed E-state index contributed by atoms with van der Waals surface area (Å²) in [5, 5.41) is 0.933. The first-order valence-electron chi connectivity index (χ1n) is 5.72. The van der Waals surface area contributed by atoms with Crippen LogP contribution in [-0.4, -0.2) is 16.6 Å². The van der Waals surface area contributed by atoms with Crippen LogP contribution in [0, 0.1) is 0 Å². The van der Waals surface area contributed by atoms with E-state index in [0.717, 1.165) is 0 Å². The second-order valence-electron chi connectivity index (χ2n) is 3.62. The summed E-state index contributed by atoms with van der Waals surface area (Å²) < 4.78 is 10.8. The van der Waals surface area contributed by atoms with Crippen LogP contribution in [0.5, 0.6) is 11.6 Å². The van der Waals surface area contributed by atoms with Crippen LogP contribution in [-0.2, 0) is 6.61 Å². The van der Waals surface area contributed by atoms with Crippen molar-refractivity contribution in [2.45, 2.75) is 13.5 Å². The molecule has 0 N–H and O–H groups in total. The molecule has 1 aromatic carbocycles. The minimum absolute atomic E-state index is 0.195. The molecule has 0 bridgehead atoms. The zero-order valence-electron chi connectivity index (χ0n) is 10.3. The van der Waals surface area contributed by atoms with Crippen molar-refractivity contribution < 1.29 is 9.47 Å². The number of nitrogens with zero attached hydrogens (tertiary/aromatic N) is 2. The van der Waals surface area contributed by atoms with Gasteiger partial charge in [-0.2, -0.15) is 4.98 Å². The molecule has 1 aromatic heterocycles. The van der Waals surface area contributed by atoms with E-state index in [0.29, 0.717) is 34.2 Å². The monoisotopic (exact) mass is 298 g/mol. The van der Waals surface area contributed by atoms with E-state index in [1.165, 1.54) is 0 Å². The van der Waals surface area contributed by atoms with Gasteiger partial charge in [0.15, 0.2) is 5.82 Å². The van der Waals surface area contributed by atoms with Crippen LogP contribution < -0.4 is 9.47 Å². The van der Waals surface area contributed by atoms with Crippen molar-refractivity contribution in [2.24, 2.45) is 0 Å². The molecule has 6 heteroatoms. The van der Waals surface area contributed by atoms with E-state index in [9.17, 15) is 0 Å². The Morgan fingerprint density at radius 3 is 2.68 bits per heavy atom. The second-order valence-corrected chi connectivity index (χ2v) is 4.45. The molecule has 19 heavy (non-hydrogen) atoms. The predicted molar refractivity (Wildman–Crippen MR) is 74.0 cm³/mol. The Balaban J connectivity index is 2.06. The highest BCUT2D eigenvalue weighted by molar-refractivity contribution is 6.30. The van der Waals surface area contributed by atoms with Crippen LogP contribution >= 0.6 is 23.2 Å². The van der Waals surface area contributed by atoms with Gasteiger partial charge in [0.05, 0.1) is 6.61 Å². The summed E-state index contributed by atoms with van der Waals surface area (Å²) in [6.07, 6.45) is 0. The molecule has 100 valence electrons. The molecule has 2 aromatic rings. The van der Waals surface area contributed by atoms with Crippen molar-refractivity contribution in [1.29, 1.82) is 0 Å². The molecule has 1 heterocycles. The summed E-state index contributed by atoms with van der Waals surface area (Å²) >= 11 is 11.8. The Kier molecular flexibility index (Phi) is 4.82. The van der Waals surface area contributed by atoms with Crippen LogP contribution in [0.15, 0.2) is 30.3 Å². The number of benzene rings is 1. The summed E-state index contributed by atoms with van der Waals surface area (Å²) in [6, 6.07) is 8.67. The van der Waals surface area contributed by atoms with Crippen LogP contribution in [0.2, 0.25) is 10.2 Å².